The van der Waals surface area contributed by atoms with E-state index < -0.39 is 0 Å². The van der Waals surface area contributed by atoms with Crippen molar-refractivity contribution in [3.05, 3.63) is 54.4 Å². The van der Waals surface area contributed by atoms with Crippen LogP contribution >= 0.6 is 0 Å². The number of amides is 1. The van der Waals surface area contributed by atoms with E-state index in [0.717, 1.165) is 11.3 Å². The summed E-state index contributed by atoms with van der Waals surface area (Å²) in [7, 11) is 0. The summed E-state index contributed by atoms with van der Waals surface area (Å²) >= 11 is 0. The Hall–Kier alpha value is -2.23. The van der Waals surface area contributed by atoms with Gasteiger partial charge >= 0.3 is 0 Å². The normalized spacial score (nSPS) is 10.2. The summed E-state index contributed by atoms with van der Waals surface area (Å²) < 4.78 is 7.53. The third-order valence-electron chi connectivity index (χ3n) is 3.01. The minimum absolute atomic E-state index is 0.0463. The Balaban J connectivity index is 1.81. The lowest BCUT2D eigenvalue weighted by Gasteiger charge is -2.11. The smallest absolute Gasteiger partial charge is 0.222 e. The van der Waals surface area contributed by atoms with Crippen molar-refractivity contribution < 1.29 is 9.53 Å². The van der Waals surface area contributed by atoms with Gasteiger partial charge in [-0.25, -0.2) is 0 Å². The van der Waals surface area contributed by atoms with E-state index in [2.05, 4.69) is 5.32 Å². The van der Waals surface area contributed by atoms with Gasteiger partial charge in [0.1, 0.15) is 5.75 Å². The van der Waals surface area contributed by atoms with E-state index in [9.17, 15) is 4.79 Å². The number of nitrogens with zero attached hydrogens (tertiary/aromatic N) is 1. The lowest BCUT2D eigenvalue weighted by Crippen LogP contribution is -2.24. The van der Waals surface area contributed by atoms with E-state index in [1.165, 1.54) is 0 Å². The number of benzene rings is 1. The van der Waals surface area contributed by atoms with Crippen molar-refractivity contribution in [2.45, 2.75) is 26.4 Å². The van der Waals surface area contributed by atoms with Gasteiger partial charge in [0, 0.05) is 37.5 Å². The van der Waals surface area contributed by atoms with Gasteiger partial charge in [0.05, 0.1) is 6.61 Å². The van der Waals surface area contributed by atoms with Crippen LogP contribution in [-0.2, 0) is 17.9 Å². The zero-order chi connectivity index (χ0) is 14.2. The van der Waals surface area contributed by atoms with Crippen LogP contribution < -0.4 is 10.1 Å². The molecule has 20 heavy (non-hydrogen) atoms. The van der Waals surface area contributed by atoms with E-state index >= 15 is 0 Å². The molecule has 2 aromatic rings. The van der Waals surface area contributed by atoms with Gasteiger partial charge < -0.3 is 14.6 Å². The molecule has 1 N–H and O–H groups in total. The monoisotopic (exact) mass is 272 g/mol. The van der Waals surface area contributed by atoms with Crippen molar-refractivity contribution in [1.82, 2.24) is 9.88 Å². The first-order valence-electron chi connectivity index (χ1n) is 6.87. The van der Waals surface area contributed by atoms with Crippen LogP contribution in [0.3, 0.4) is 0 Å². The van der Waals surface area contributed by atoms with Crippen molar-refractivity contribution in [1.29, 1.82) is 0 Å². The summed E-state index contributed by atoms with van der Waals surface area (Å²) in [5, 5.41) is 2.93. The van der Waals surface area contributed by atoms with Crippen LogP contribution in [0.1, 0.15) is 18.9 Å². The molecule has 4 nitrogen and oxygen atoms in total. The standard InChI is InChI=1S/C16H20N2O2/c1-2-20-15-8-4-3-7-14(15)13-17-16(19)9-12-18-10-5-6-11-18/h3-8,10-11H,2,9,12-13H2,1H3,(H,17,19). The summed E-state index contributed by atoms with van der Waals surface area (Å²) in [5.74, 6) is 0.880. The Labute approximate surface area is 119 Å². The molecular weight excluding hydrogens is 252 g/mol. The Morgan fingerprint density at radius 3 is 2.70 bits per heavy atom. The number of para-hydroxylation sites is 1. The molecule has 0 aliphatic heterocycles. The Kier molecular flexibility index (Phi) is 5.24. The average molecular weight is 272 g/mol. The highest BCUT2D eigenvalue weighted by Gasteiger charge is 2.05. The van der Waals surface area contributed by atoms with Crippen molar-refractivity contribution in [3.63, 3.8) is 0 Å². The van der Waals surface area contributed by atoms with E-state index in [1.54, 1.807) is 0 Å². The zero-order valence-corrected chi connectivity index (χ0v) is 11.7. The molecule has 0 aliphatic rings. The summed E-state index contributed by atoms with van der Waals surface area (Å²) in [6.45, 7) is 3.78. The molecule has 0 radical (unpaired) electrons. The number of nitrogens with one attached hydrogen (secondary N) is 1. The number of aromatic nitrogens is 1. The first kappa shape index (κ1) is 14.2. The molecule has 0 aliphatic carbocycles. The predicted octanol–water partition coefficient (Wildman–Crippen LogP) is 2.59. The van der Waals surface area contributed by atoms with Gasteiger partial charge in [0.2, 0.25) is 5.91 Å². The van der Waals surface area contributed by atoms with Crippen LogP contribution in [0.2, 0.25) is 0 Å². The van der Waals surface area contributed by atoms with Gasteiger partial charge in [-0.2, -0.15) is 0 Å². The largest absolute Gasteiger partial charge is 0.494 e. The minimum atomic E-state index is 0.0463. The lowest BCUT2D eigenvalue weighted by atomic mass is 10.2. The summed E-state index contributed by atoms with van der Waals surface area (Å²) in [5.41, 5.74) is 1.00. The quantitative estimate of drug-likeness (QED) is 0.842. The number of hydrogen-bond donors (Lipinski definition) is 1. The lowest BCUT2D eigenvalue weighted by molar-refractivity contribution is -0.121. The summed E-state index contributed by atoms with van der Waals surface area (Å²) in [6, 6.07) is 11.7. The van der Waals surface area contributed by atoms with Crippen molar-refractivity contribution >= 4 is 5.91 Å². The number of ether oxygens (including phenoxy) is 1. The first-order valence-corrected chi connectivity index (χ1v) is 6.87. The van der Waals surface area contributed by atoms with Crippen molar-refractivity contribution in [3.8, 4) is 5.75 Å². The van der Waals surface area contributed by atoms with Crippen LogP contribution in [0.5, 0.6) is 5.75 Å². The van der Waals surface area contributed by atoms with E-state index in [4.69, 9.17) is 4.74 Å². The molecule has 1 heterocycles. The second-order valence-corrected chi connectivity index (χ2v) is 4.49. The molecule has 1 amide bonds. The number of aryl methyl sites for hydroxylation is 1. The van der Waals surface area contributed by atoms with Crippen LogP contribution in [-0.4, -0.2) is 17.1 Å². The molecule has 106 valence electrons. The van der Waals surface area contributed by atoms with Crippen LogP contribution in [0.15, 0.2) is 48.8 Å². The second-order valence-electron chi connectivity index (χ2n) is 4.49. The molecule has 0 spiro atoms. The fourth-order valence-corrected chi connectivity index (χ4v) is 1.98. The maximum absolute atomic E-state index is 11.8. The maximum Gasteiger partial charge on any atom is 0.222 e. The number of carbonyl (C=O) groups is 1. The fraction of sp³-hybridized carbons (Fsp3) is 0.312. The molecule has 0 unspecified atom stereocenters. The van der Waals surface area contributed by atoms with E-state index in [-0.39, 0.29) is 5.91 Å². The number of hydrogen-bond acceptors (Lipinski definition) is 2. The highest BCUT2D eigenvalue weighted by Crippen LogP contribution is 2.17. The Morgan fingerprint density at radius 1 is 1.20 bits per heavy atom. The van der Waals surface area contributed by atoms with E-state index in [0.29, 0.717) is 26.1 Å². The topological polar surface area (TPSA) is 43.3 Å². The van der Waals surface area contributed by atoms with Gasteiger partial charge in [0.25, 0.3) is 0 Å². The average Bonchev–Trinajstić information content (AvgIpc) is 2.98. The first-order chi connectivity index (χ1) is 9.79. The van der Waals surface area contributed by atoms with Crippen molar-refractivity contribution in [2.24, 2.45) is 0 Å². The summed E-state index contributed by atoms with van der Waals surface area (Å²) in [6.07, 6.45) is 4.39. The van der Waals surface area contributed by atoms with Gasteiger partial charge in [-0.15, -0.1) is 0 Å². The molecule has 0 saturated carbocycles. The van der Waals surface area contributed by atoms with Crippen LogP contribution in [0.4, 0.5) is 0 Å². The molecule has 1 aromatic carbocycles. The van der Waals surface area contributed by atoms with Gasteiger partial charge in [0.15, 0.2) is 0 Å². The van der Waals surface area contributed by atoms with Crippen LogP contribution in [0.25, 0.3) is 0 Å². The highest BCUT2D eigenvalue weighted by molar-refractivity contribution is 5.75. The highest BCUT2D eigenvalue weighted by atomic mass is 16.5. The molecule has 4 heteroatoms. The van der Waals surface area contributed by atoms with Crippen molar-refractivity contribution in [2.75, 3.05) is 6.61 Å². The summed E-state index contributed by atoms with van der Waals surface area (Å²) in [4.78, 5) is 11.8. The SMILES string of the molecule is CCOc1ccccc1CNC(=O)CCn1cccc1. The predicted molar refractivity (Wildman–Crippen MR) is 78.5 cm³/mol. The van der Waals surface area contributed by atoms with Gasteiger partial charge in [-0.3, -0.25) is 4.79 Å². The number of rotatable bonds is 7. The molecule has 2 rings (SSSR count). The second kappa shape index (κ2) is 7.38. The fourth-order valence-electron chi connectivity index (χ4n) is 1.98. The van der Waals surface area contributed by atoms with Crippen LogP contribution in [0, 0.1) is 0 Å². The molecule has 0 saturated heterocycles. The van der Waals surface area contributed by atoms with E-state index in [1.807, 2.05) is 60.3 Å². The van der Waals surface area contributed by atoms with Gasteiger partial charge in [-0.05, 0) is 25.1 Å². The van der Waals surface area contributed by atoms with Gasteiger partial charge in [-0.1, -0.05) is 18.2 Å². The third kappa shape index (κ3) is 4.16. The maximum atomic E-state index is 11.8. The zero-order valence-electron chi connectivity index (χ0n) is 11.7. The molecule has 0 bridgehead atoms. The molecule has 1 aromatic heterocycles. The molecule has 0 fully saturated rings. The Morgan fingerprint density at radius 2 is 1.95 bits per heavy atom. The molecule has 0 atom stereocenters. The molecular formula is C16H20N2O2. The number of carbonyl (C=O) groups excluding carboxylic acids is 1. The third-order valence-corrected chi connectivity index (χ3v) is 3.01. The Bertz CT molecular complexity index is 535. The minimum Gasteiger partial charge on any atom is -0.494 e.